The van der Waals surface area contributed by atoms with Gasteiger partial charge in [-0.3, -0.25) is 10.2 Å². The van der Waals surface area contributed by atoms with E-state index in [1.165, 1.54) is 0 Å². The van der Waals surface area contributed by atoms with E-state index in [0.29, 0.717) is 29.0 Å². The van der Waals surface area contributed by atoms with Gasteiger partial charge in [0.25, 0.3) is 0 Å². The molecule has 0 bridgehead atoms. The number of nitrogens with one attached hydrogen (secondary N) is 3. The van der Waals surface area contributed by atoms with Crippen molar-refractivity contribution in [2.45, 2.75) is 6.23 Å². The zero-order valence-electron chi connectivity index (χ0n) is 14.4. The third-order valence-corrected chi connectivity index (χ3v) is 5.56. The van der Waals surface area contributed by atoms with Gasteiger partial charge in [-0.15, -0.1) is 11.3 Å². The van der Waals surface area contributed by atoms with Gasteiger partial charge in [0.15, 0.2) is 0 Å². The van der Waals surface area contributed by atoms with Crippen molar-refractivity contribution in [3.8, 4) is 16.5 Å². The Kier molecular flexibility index (Phi) is 5.18. The average molecular weight is 373 g/mol. The van der Waals surface area contributed by atoms with E-state index in [2.05, 4.69) is 25.5 Å². The highest BCUT2D eigenvalue weighted by Gasteiger charge is 2.18. The predicted molar refractivity (Wildman–Crippen MR) is 103 cm³/mol. The number of rotatable bonds is 6. The molecule has 0 aliphatic carbocycles. The molecule has 5 N–H and O–H groups in total. The number of piperazine rings is 1. The number of phenols is 1. The lowest BCUT2D eigenvalue weighted by molar-refractivity contribution is 0.132. The van der Waals surface area contributed by atoms with E-state index < -0.39 is 6.23 Å². The van der Waals surface area contributed by atoms with Crippen molar-refractivity contribution in [3.05, 3.63) is 35.2 Å². The summed E-state index contributed by atoms with van der Waals surface area (Å²) in [5.74, 6) is 0.831. The SMILES string of the molecule is Oc1ccc(C(O)NCCN2CCNCC2)c2nc(-c3cccs3)[nH]c12. The van der Waals surface area contributed by atoms with Crippen LogP contribution < -0.4 is 10.6 Å². The Morgan fingerprint density at radius 2 is 2.12 bits per heavy atom. The van der Waals surface area contributed by atoms with Crippen LogP contribution in [-0.4, -0.2) is 64.3 Å². The summed E-state index contributed by atoms with van der Waals surface area (Å²) in [7, 11) is 0. The van der Waals surface area contributed by atoms with Gasteiger partial charge in [-0.25, -0.2) is 4.98 Å². The highest BCUT2D eigenvalue weighted by Crippen LogP contribution is 2.32. The van der Waals surface area contributed by atoms with Crippen molar-refractivity contribution in [1.29, 1.82) is 0 Å². The number of thiophene rings is 1. The summed E-state index contributed by atoms with van der Waals surface area (Å²) in [6.07, 6.45) is -0.833. The van der Waals surface area contributed by atoms with Crippen LogP contribution >= 0.6 is 11.3 Å². The standard InChI is InChI=1S/C18H23N5O2S/c24-13-4-3-12(18(25)20-7-10-23-8-5-19-6-9-23)15-16(13)22-17(21-15)14-2-1-11-26-14/h1-4,11,18-20,24-25H,5-10H2,(H,21,22). The van der Waals surface area contributed by atoms with Gasteiger partial charge < -0.3 is 20.5 Å². The van der Waals surface area contributed by atoms with Crippen LogP contribution in [0, 0.1) is 0 Å². The van der Waals surface area contributed by atoms with Crippen LogP contribution in [-0.2, 0) is 0 Å². The Hall–Kier alpha value is -1.97. The maximum atomic E-state index is 10.6. The Morgan fingerprint density at radius 3 is 2.88 bits per heavy atom. The maximum absolute atomic E-state index is 10.6. The molecule has 0 amide bonds. The van der Waals surface area contributed by atoms with Crippen LogP contribution in [0.4, 0.5) is 0 Å². The highest BCUT2D eigenvalue weighted by atomic mass is 32.1. The van der Waals surface area contributed by atoms with Crippen LogP contribution in [0.3, 0.4) is 0 Å². The van der Waals surface area contributed by atoms with Crippen LogP contribution in [0.5, 0.6) is 5.75 Å². The van der Waals surface area contributed by atoms with E-state index in [1.54, 1.807) is 23.5 Å². The molecule has 0 spiro atoms. The normalized spacial score (nSPS) is 17.0. The molecule has 0 saturated carbocycles. The first kappa shape index (κ1) is 17.4. The summed E-state index contributed by atoms with van der Waals surface area (Å²) in [6, 6.07) is 7.25. The minimum Gasteiger partial charge on any atom is -0.506 e. The van der Waals surface area contributed by atoms with Crippen molar-refractivity contribution in [2.24, 2.45) is 0 Å². The number of hydrogen-bond donors (Lipinski definition) is 5. The van der Waals surface area contributed by atoms with Crippen LogP contribution in [0.2, 0.25) is 0 Å². The molecule has 1 aliphatic rings. The van der Waals surface area contributed by atoms with Crippen LogP contribution in [0.25, 0.3) is 21.7 Å². The fourth-order valence-electron chi connectivity index (χ4n) is 3.25. The second kappa shape index (κ2) is 7.73. The summed E-state index contributed by atoms with van der Waals surface area (Å²) in [5.41, 5.74) is 1.81. The second-order valence-corrected chi connectivity index (χ2v) is 7.36. The molecule has 1 saturated heterocycles. The van der Waals surface area contributed by atoms with E-state index in [-0.39, 0.29) is 5.75 Å². The summed E-state index contributed by atoms with van der Waals surface area (Å²) in [6.45, 7) is 5.67. The summed E-state index contributed by atoms with van der Waals surface area (Å²) in [5, 5.41) is 29.2. The Balaban J connectivity index is 1.50. The van der Waals surface area contributed by atoms with E-state index in [0.717, 1.165) is 37.6 Å². The third kappa shape index (κ3) is 3.60. The minimum atomic E-state index is -0.833. The first-order chi connectivity index (χ1) is 12.7. The molecular weight excluding hydrogens is 350 g/mol. The average Bonchev–Trinajstić information content (AvgIpc) is 3.33. The summed E-state index contributed by atoms with van der Waals surface area (Å²) >= 11 is 1.58. The molecule has 0 radical (unpaired) electrons. The molecule has 8 heteroatoms. The first-order valence-corrected chi connectivity index (χ1v) is 9.70. The van der Waals surface area contributed by atoms with Gasteiger partial charge >= 0.3 is 0 Å². The lowest BCUT2D eigenvalue weighted by atomic mass is 10.1. The van der Waals surface area contributed by atoms with Gasteiger partial charge in [0, 0.05) is 44.8 Å². The Morgan fingerprint density at radius 1 is 1.27 bits per heavy atom. The number of aromatic hydroxyl groups is 1. The molecule has 1 fully saturated rings. The van der Waals surface area contributed by atoms with Crippen molar-refractivity contribution >= 4 is 22.4 Å². The predicted octanol–water partition coefficient (Wildman–Crippen LogP) is 1.48. The smallest absolute Gasteiger partial charge is 0.148 e. The number of H-pyrrole nitrogens is 1. The third-order valence-electron chi connectivity index (χ3n) is 4.68. The lowest BCUT2D eigenvalue weighted by Gasteiger charge is -2.27. The maximum Gasteiger partial charge on any atom is 0.148 e. The molecule has 2 aromatic heterocycles. The number of imidazole rings is 1. The number of benzene rings is 1. The van der Waals surface area contributed by atoms with E-state index >= 15 is 0 Å². The van der Waals surface area contributed by atoms with E-state index in [4.69, 9.17) is 0 Å². The van der Waals surface area contributed by atoms with Gasteiger partial charge in [-0.2, -0.15) is 0 Å². The molecule has 3 heterocycles. The number of aromatic nitrogens is 2. The number of fused-ring (bicyclic) bond motifs is 1. The van der Waals surface area contributed by atoms with Crippen molar-refractivity contribution in [2.75, 3.05) is 39.3 Å². The molecule has 1 atom stereocenters. The molecular formula is C18H23N5O2S. The van der Waals surface area contributed by atoms with Crippen LogP contribution in [0.1, 0.15) is 11.8 Å². The topological polar surface area (TPSA) is 96.4 Å². The van der Waals surface area contributed by atoms with Gasteiger partial charge in [-0.05, 0) is 23.6 Å². The molecule has 1 aromatic carbocycles. The molecule has 4 rings (SSSR count). The number of aliphatic hydroxyl groups excluding tert-OH is 1. The number of phenolic OH excluding ortho intramolecular Hbond substituents is 1. The highest BCUT2D eigenvalue weighted by molar-refractivity contribution is 7.13. The fraction of sp³-hybridized carbons (Fsp3) is 0.389. The summed E-state index contributed by atoms with van der Waals surface area (Å²) < 4.78 is 0. The van der Waals surface area contributed by atoms with Gasteiger partial charge in [0.05, 0.1) is 10.4 Å². The second-order valence-electron chi connectivity index (χ2n) is 6.41. The lowest BCUT2D eigenvalue weighted by Crippen LogP contribution is -2.46. The molecule has 1 unspecified atom stereocenters. The number of hydrogen-bond acceptors (Lipinski definition) is 7. The number of aliphatic hydroxyl groups is 1. The quantitative estimate of drug-likeness (QED) is 0.420. The monoisotopic (exact) mass is 373 g/mol. The van der Waals surface area contributed by atoms with Gasteiger partial charge in [0.1, 0.15) is 23.3 Å². The largest absolute Gasteiger partial charge is 0.506 e. The molecule has 1 aliphatic heterocycles. The molecule has 138 valence electrons. The first-order valence-electron chi connectivity index (χ1n) is 8.82. The van der Waals surface area contributed by atoms with Gasteiger partial charge in [-0.1, -0.05) is 6.07 Å². The van der Waals surface area contributed by atoms with E-state index in [9.17, 15) is 10.2 Å². The van der Waals surface area contributed by atoms with Crippen LogP contribution in [0.15, 0.2) is 29.6 Å². The molecule has 3 aromatic rings. The van der Waals surface area contributed by atoms with Crippen molar-refractivity contribution in [1.82, 2.24) is 25.5 Å². The fourth-order valence-corrected chi connectivity index (χ4v) is 3.92. The minimum absolute atomic E-state index is 0.132. The van der Waals surface area contributed by atoms with E-state index in [1.807, 2.05) is 17.5 Å². The van der Waals surface area contributed by atoms with Crippen molar-refractivity contribution in [3.63, 3.8) is 0 Å². The van der Waals surface area contributed by atoms with Gasteiger partial charge in [0.2, 0.25) is 0 Å². The number of aromatic amines is 1. The Bertz CT molecular complexity index is 858. The van der Waals surface area contributed by atoms with Crippen molar-refractivity contribution < 1.29 is 10.2 Å². The molecule has 26 heavy (non-hydrogen) atoms. The zero-order valence-corrected chi connectivity index (χ0v) is 15.2. The summed E-state index contributed by atoms with van der Waals surface area (Å²) in [4.78, 5) is 11.1. The zero-order chi connectivity index (χ0) is 17.9. The molecule has 7 nitrogen and oxygen atoms in total. The number of nitrogens with zero attached hydrogens (tertiary/aromatic N) is 2. The Labute approximate surface area is 155 Å².